The Balaban J connectivity index is 2.16. The van der Waals surface area contributed by atoms with Crippen LogP contribution in [0, 0.1) is 6.92 Å². The highest BCUT2D eigenvalue weighted by molar-refractivity contribution is 7.84. The summed E-state index contributed by atoms with van der Waals surface area (Å²) >= 11 is 0. The van der Waals surface area contributed by atoms with Gasteiger partial charge >= 0.3 is 5.97 Å². The van der Waals surface area contributed by atoms with Crippen molar-refractivity contribution in [3.63, 3.8) is 0 Å². The van der Waals surface area contributed by atoms with E-state index >= 15 is 0 Å². The van der Waals surface area contributed by atoms with E-state index in [1.165, 1.54) is 6.07 Å². The molecule has 18 heavy (non-hydrogen) atoms. The van der Waals surface area contributed by atoms with E-state index in [2.05, 4.69) is 0 Å². The monoisotopic (exact) mass is 264 g/mol. The zero-order valence-electron chi connectivity index (χ0n) is 9.75. The number of furan rings is 1. The van der Waals surface area contributed by atoms with E-state index in [1.807, 2.05) is 25.1 Å². The second kappa shape index (κ2) is 5.18. The van der Waals surface area contributed by atoms with Crippen molar-refractivity contribution < 1.29 is 18.5 Å². The van der Waals surface area contributed by atoms with Gasteiger partial charge in [-0.05, 0) is 30.7 Å². The first-order valence-corrected chi connectivity index (χ1v) is 6.66. The topological polar surface area (TPSA) is 67.5 Å². The minimum Gasteiger partial charge on any atom is -0.475 e. The van der Waals surface area contributed by atoms with Gasteiger partial charge < -0.3 is 9.52 Å². The molecule has 0 aliphatic carbocycles. The highest BCUT2D eigenvalue weighted by atomic mass is 32.2. The number of benzene rings is 1. The van der Waals surface area contributed by atoms with Crippen LogP contribution in [0.4, 0.5) is 0 Å². The lowest BCUT2D eigenvalue weighted by molar-refractivity contribution is 0.0661. The van der Waals surface area contributed by atoms with Crippen LogP contribution in [0.25, 0.3) is 0 Å². The molecule has 0 aliphatic rings. The summed E-state index contributed by atoms with van der Waals surface area (Å²) in [6, 6.07) is 10.3. The summed E-state index contributed by atoms with van der Waals surface area (Å²) < 4.78 is 17.2. The van der Waals surface area contributed by atoms with Crippen LogP contribution in [0.2, 0.25) is 0 Å². The number of hydrogen-bond donors (Lipinski definition) is 1. The molecule has 2 rings (SSSR count). The Bertz CT molecular complexity index is 601. The fourth-order valence-electron chi connectivity index (χ4n) is 1.59. The minimum atomic E-state index is -1.23. The molecule has 0 saturated carbocycles. The van der Waals surface area contributed by atoms with Gasteiger partial charge in [0.25, 0.3) is 0 Å². The number of carboxylic acids is 1. The van der Waals surface area contributed by atoms with Gasteiger partial charge in [0.2, 0.25) is 5.76 Å². The zero-order valence-corrected chi connectivity index (χ0v) is 10.6. The number of carbonyl (C=O) groups is 1. The summed E-state index contributed by atoms with van der Waals surface area (Å²) in [5.74, 6) is -0.665. The predicted octanol–water partition coefficient (Wildman–Crippen LogP) is 2.59. The summed E-state index contributed by atoms with van der Waals surface area (Å²) in [4.78, 5) is 11.4. The molecule has 0 radical (unpaired) electrons. The molecule has 1 unspecified atom stereocenters. The molecule has 0 saturated heterocycles. The molecule has 0 aliphatic heterocycles. The fourth-order valence-corrected chi connectivity index (χ4v) is 2.82. The van der Waals surface area contributed by atoms with Crippen LogP contribution in [-0.4, -0.2) is 15.3 Å². The highest BCUT2D eigenvalue weighted by Gasteiger charge is 2.13. The van der Waals surface area contributed by atoms with Crippen molar-refractivity contribution in [2.24, 2.45) is 0 Å². The lowest BCUT2D eigenvalue weighted by atomic mass is 10.2. The van der Waals surface area contributed by atoms with Crippen LogP contribution >= 0.6 is 0 Å². The molecule has 0 spiro atoms. The highest BCUT2D eigenvalue weighted by Crippen LogP contribution is 2.17. The van der Waals surface area contributed by atoms with Crippen molar-refractivity contribution in [3.8, 4) is 0 Å². The van der Waals surface area contributed by atoms with E-state index in [1.54, 1.807) is 12.1 Å². The first kappa shape index (κ1) is 12.6. The van der Waals surface area contributed by atoms with Crippen LogP contribution in [0.3, 0.4) is 0 Å². The molecule has 1 heterocycles. The molecule has 1 atom stereocenters. The first-order chi connectivity index (χ1) is 8.58. The third-order valence-corrected chi connectivity index (χ3v) is 3.98. The molecule has 0 amide bonds. The molecule has 0 fully saturated rings. The molecule has 1 aromatic heterocycles. The van der Waals surface area contributed by atoms with E-state index in [4.69, 9.17) is 9.52 Å². The van der Waals surface area contributed by atoms with Gasteiger partial charge in [-0.3, -0.25) is 4.21 Å². The van der Waals surface area contributed by atoms with Crippen molar-refractivity contribution in [2.45, 2.75) is 17.6 Å². The Hall–Kier alpha value is -1.88. The van der Waals surface area contributed by atoms with Gasteiger partial charge in [-0.2, -0.15) is 0 Å². The SMILES string of the molecule is Cc1ccccc1S(=O)Cc1ccc(C(=O)O)o1. The van der Waals surface area contributed by atoms with Gasteiger partial charge in [-0.15, -0.1) is 0 Å². The maximum absolute atomic E-state index is 12.1. The van der Waals surface area contributed by atoms with Crippen LogP contribution in [0.15, 0.2) is 45.7 Å². The fraction of sp³-hybridized carbons (Fsp3) is 0.154. The maximum Gasteiger partial charge on any atom is 0.371 e. The molecule has 0 bridgehead atoms. The Kier molecular flexibility index (Phi) is 3.62. The number of aromatic carboxylic acids is 1. The third kappa shape index (κ3) is 2.68. The van der Waals surface area contributed by atoms with E-state index in [-0.39, 0.29) is 11.5 Å². The summed E-state index contributed by atoms with van der Waals surface area (Å²) in [5, 5.41) is 8.72. The van der Waals surface area contributed by atoms with Crippen LogP contribution < -0.4 is 0 Å². The normalized spacial score (nSPS) is 12.3. The Morgan fingerprint density at radius 2 is 2.00 bits per heavy atom. The maximum atomic E-state index is 12.1. The van der Waals surface area contributed by atoms with Crippen molar-refractivity contribution in [1.29, 1.82) is 0 Å². The van der Waals surface area contributed by atoms with Crippen molar-refractivity contribution in [1.82, 2.24) is 0 Å². The van der Waals surface area contributed by atoms with Crippen molar-refractivity contribution >= 4 is 16.8 Å². The molecule has 4 nitrogen and oxygen atoms in total. The lowest BCUT2D eigenvalue weighted by Gasteiger charge is -2.03. The molecule has 5 heteroatoms. The average Bonchev–Trinajstić information content (AvgIpc) is 2.78. The Morgan fingerprint density at radius 3 is 2.61 bits per heavy atom. The van der Waals surface area contributed by atoms with E-state index in [9.17, 15) is 9.00 Å². The summed E-state index contributed by atoms with van der Waals surface area (Å²) in [5.41, 5.74) is 0.945. The van der Waals surface area contributed by atoms with Gasteiger partial charge in [-0.25, -0.2) is 4.79 Å². The van der Waals surface area contributed by atoms with Gasteiger partial charge in [0.05, 0.1) is 16.6 Å². The van der Waals surface area contributed by atoms with Gasteiger partial charge in [-0.1, -0.05) is 18.2 Å². The molecule has 1 N–H and O–H groups in total. The molecular formula is C13H12O4S. The van der Waals surface area contributed by atoms with Gasteiger partial charge in [0.1, 0.15) is 5.76 Å². The first-order valence-electron chi connectivity index (χ1n) is 5.34. The largest absolute Gasteiger partial charge is 0.475 e. The number of carboxylic acid groups (broad SMARTS) is 1. The third-order valence-electron chi connectivity index (χ3n) is 2.48. The average molecular weight is 264 g/mol. The van der Waals surface area contributed by atoms with E-state index < -0.39 is 16.8 Å². The van der Waals surface area contributed by atoms with Crippen LogP contribution in [0.5, 0.6) is 0 Å². The van der Waals surface area contributed by atoms with Gasteiger partial charge in [0.15, 0.2) is 0 Å². The van der Waals surface area contributed by atoms with E-state index in [0.29, 0.717) is 5.76 Å². The Labute approximate surface area is 107 Å². The summed E-state index contributed by atoms with van der Waals surface area (Å²) in [6.07, 6.45) is 0. The minimum absolute atomic E-state index is 0.133. The number of rotatable bonds is 4. The quantitative estimate of drug-likeness (QED) is 0.921. The van der Waals surface area contributed by atoms with E-state index in [0.717, 1.165) is 10.5 Å². The molecule has 1 aromatic carbocycles. The predicted molar refractivity (Wildman–Crippen MR) is 67.0 cm³/mol. The van der Waals surface area contributed by atoms with Crippen LogP contribution in [-0.2, 0) is 16.6 Å². The second-order valence-corrected chi connectivity index (χ2v) is 5.25. The van der Waals surface area contributed by atoms with Crippen molar-refractivity contribution in [3.05, 3.63) is 53.5 Å². The summed E-state index contributed by atoms with van der Waals surface area (Å²) in [6.45, 7) is 1.89. The molecule has 2 aromatic rings. The van der Waals surface area contributed by atoms with Gasteiger partial charge in [0, 0.05) is 4.90 Å². The Morgan fingerprint density at radius 1 is 1.28 bits per heavy atom. The second-order valence-electron chi connectivity index (χ2n) is 3.83. The number of aryl methyl sites for hydroxylation is 1. The lowest BCUT2D eigenvalue weighted by Crippen LogP contribution is -1.98. The standard InChI is InChI=1S/C13H12O4S/c1-9-4-2-3-5-12(9)18(16)8-10-6-7-11(17-10)13(14)15/h2-7H,8H2,1H3,(H,14,15). The smallest absolute Gasteiger partial charge is 0.371 e. The number of hydrogen-bond acceptors (Lipinski definition) is 3. The van der Waals surface area contributed by atoms with Crippen molar-refractivity contribution in [2.75, 3.05) is 0 Å². The molecule has 94 valence electrons. The zero-order chi connectivity index (χ0) is 13.1. The summed E-state index contributed by atoms with van der Waals surface area (Å²) in [7, 11) is -1.23. The van der Waals surface area contributed by atoms with Crippen LogP contribution in [0.1, 0.15) is 21.9 Å². The molecular weight excluding hydrogens is 252 g/mol.